The first-order chi connectivity index (χ1) is 13.9. The predicted molar refractivity (Wildman–Crippen MR) is 111 cm³/mol. The van der Waals surface area contributed by atoms with E-state index in [1.165, 1.54) is 12.8 Å². The van der Waals surface area contributed by atoms with Gasteiger partial charge in [-0.05, 0) is 44.1 Å². The Balaban J connectivity index is 1.60. The largest absolute Gasteiger partial charge is 0.355 e. The first-order valence-electron chi connectivity index (χ1n) is 10.7. The molecule has 1 aromatic heterocycles. The number of hydrogen-bond donors (Lipinski definition) is 1. The van der Waals surface area contributed by atoms with Crippen molar-refractivity contribution in [1.82, 2.24) is 19.6 Å². The summed E-state index contributed by atoms with van der Waals surface area (Å²) in [7, 11) is -3.29. The molecule has 0 radical (unpaired) electrons. The molecule has 0 spiro atoms. The highest BCUT2D eigenvalue weighted by atomic mass is 32.2. The van der Waals surface area contributed by atoms with Crippen molar-refractivity contribution >= 4 is 21.9 Å². The zero-order chi connectivity index (χ0) is 20.5. The van der Waals surface area contributed by atoms with Crippen LogP contribution in [0.4, 0.5) is 5.95 Å². The third kappa shape index (κ3) is 4.26. The third-order valence-electron chi connectivity index (χ3n) is 6.54. The summed E-state index contributed by atoms with van der Waals surface area (Å²) >= 11 is 0. The Morgan fingerprint density at radius 3 is 2.72 bits per heavy atom. The van der Waals surface area contributed by atoms with Crippen molar-refractivity contribution in [2.45, 2.75) is 39.0 Å². The topological polar surface area (TPSA) is 95.5 Å². The van der Waals surface area contributed by atoms with Gasteiger partial charge >= 0.3 is 0 Å². The molecule has 3 aliphatic rings. The lowest BCUT2D eigenvalue weighted by molar-refractivity contribution is -0.132. The van der Waals surface area contributed by atoms with Crippen LogP contribution >= 0.6 is 0 Å². The third-order valence-corrected chi connectivity index (χ3v) is 8.58. The van der Waals surface area contributed by atoms with Crippen LogP contribution in [0.5, 0.6) is 0 Å². The Hall–Kier alpha value is -1.74. The molecule has 160 valence electrons. The molecule has 1 N–H and O–H groups in total. The van der Waals surface area contributed by atoms with E-state index in [-0.39, 0.29) is 17.6 Å². The minimum Gasteiger partial charge on any atom is -0.355 e. The van der Waals surface area contributed by atoms with Gasteiger partial charge in [0.05, 0.1) is 11.2 Å². The van der Waals surface area contributed by atoms with Crippen LogP contribution in [0.1, 0.15) is 39.0 Å². The molecule has 3 heterocycles. The summed E-state index contributed by atoms with van der Waals surface area (Å²) in [6.45, 7) is 4.64. The maximum atomic E-state index is 13.4. The van der Waals surface area contributed by atoms with Crippen molar-refractivity contribution in [3.8, 4) is 0 Å². The summed E-state index contributed by atoms with van der Waals surface area (Å²) in [5.41, 5.74) is -0.593. The molecule has 0 bridgehead atoms. The van der Waals surface area contributed by atoms with E-state index in [9.17, 15) is 13.2 Å². The zero-order valence-electron chi connectivity index (χ0n) is 17.1. The van der Waals surface area contributed by atoms with Crippen molar-refractivity contribution in [2.75, 3.05) is 43.4 Å². The Bertz CT molecular complexity index is 830. The van der Waals surface area contributed by atoms with Crippen molar-refractivity contribution in [3.63, 3.8) is 0 Å². The van der Waals surface area contributed by atoms with Gasteiger partial charge in [0.15, 0.2) is 0 Å². The van der Waals surface area contributed by atoms with E-state index in [2.05, 4.69) is 20.2 Å². The van der Waals surface area contributed by atoms with Crippen molar-refractivity contribution < 1.29 is 13.2 Å². The van der Waals surface area contributed by atoms with E-state index in [4.69, 9.17) is 0 Å². The number of fused-ring (bicyclic) bond motifs is 1. The second kappa shape index (κ2) is 8.18. The molecule has 1 saturated carbocycles. The van der Waals surface area contributed by atoms with E-state index in [0.29, 0.717) is 57.3 Å². The highest BCUT2D eigenvalue weighted by Gasteiger charge is 2.54. The molecule has 29 heavy (non-hydrogen) atoms. The highest BCUT2D eigenvalue weighted by Crippen LogP contribution is 2.44. The van der Waals surface area contributed by atoms with Gasteiger partial charge in [-0.15, -0.1) is 0 Å². The van der Waals surface area contributed by atoms with E-state index >= 15 is 0 Å². The number of amides is 1. The molecule has 1 aliphatic carbocycles. The smallest absolute Gasteiger partial charge is 0.228 e. The van der Waals surface area contributed by atoms with Gasteiger partial charge in [-0.2, -0.15) is 0 Å². The summed E-state index contributed by atoms with van der Waals surface area (Å²) < 4.78 is 27.1. The first kappa shape index (κ1) is 20.5. The molecule has 2 saturated heterocycles. The van der Waals surface area contributed by atoms with Crippen LogP contribution in [-0.2, 0) is 14.8 Å². The summed E-state index contributed by atoms with van der Waals surface area (Å²) in [4.78, 5) is 24.2. The predicted octanol–water partition coefficient (Wildman–Crippen LogP) is 1.26. The monoisotopic (exact) mass is 421 g/mol. The standard InChI is InChI=1S/C20H31N5O3S/c1-2-11-29(27,28)25-10-3-7-20(18(26)23-12-16-5-6-16)15-24(13-17(20)14-25)19-21-8-4-9-22-19/h4,8-9,16-17H,2-3,5-7,10-15H2,1H3,(H,23,26)/t17-,20+/m0/s1. The summed E-state index contributed by atoms with van der Waals surface area (Å²) in [6.07, 6.45) is 7.76. The van der Waals surface area contributed by atoms with Crippen LogP contribution in [0.3, 0.4) is 0 Å². The second-order valence-corrected chi connectivity index (χ2v) is 10.8. The average molecular weight is 422 g/mol. The minimum absolute atomic E-state index is 0.0698. The Morgan fingerprint density at radius 2 is 2.03 bits per heavy atom. The van der Waals surface area contributed by atoms with Gasteiger partial charge < -0.3 is 10.2 Å². The molecule has 0 aromatic carbocycles. The number of hydrogen-bond acceptors (Lipinski definition) is 6. The van der Waals surface area contributed by atoms with Crippen LogP contribution in [-0.4, -0.2) is 67.1 Å². The maximum absolute atomic E-state index is 13.4. The lowest BCUT2D eigenvalue weighted by Crippen LogP contribution is -2.48. The number of sulfonamides is 1. The normalized spacial score (nSPS) is 28.0. The zero-order valence-corrected chi connectivity index (χ0v) is 17.9. The number of rotatable bonds is 7. The molecule has 8 nitrogen and oxygen atoms in total. The van der Waals surface area contributed by atoms with Crippen LogP contribution in [0.15, 0.2) is 18.5 Å². The van der Waals surface area contributed by atoms with Crippen LogP contribution in [0, 0.1) is 17.3 Å². The Morgan fingerprint density at radius 1 is 1.28 bits per heavy atom. The van der Waals surface area contributed by atoms with Gasteiger partial charge in [0, 0.05) is 51.0 Å². The van der Waals surface area contributed by atoms with Crippen molar-refractivity contribution in [3.05, 3.63) is 18.5 Å². The fourth-order valence-corrected chi connectivity index (χ4v) is 6.34. The molecular formula is C20H31N5O3S. The minimum atomic E-state index is -3.29. The van der Waals surface area contributed by atoms with Crippen molar-refractivity contribution in [1.29, 1.82) is 0 Å². The number of carbonyl (C=O) groups is 1. The van der Waals surface area contributed by atoms with Crippen LogP contribution < -0.4 is 10.2 Å². The lowest BCUT2D eigenvalue weighted by atomic mass is 9.74. The van der Waals surface area contributed by atoms with Crippen LogP contribution in [0.2, 0.25) is 0 Å². The molecule has 0 unspecified atom stereocenters. The van der Waals surface area contributed by atoms with Gasteiger partial charge in [-0.25, -0.2) is 22.7 Å². The molecule has 1 aromatic rings. The maximum Gasteiger partial charge on any atom is 0.228 e. The van der Waals surface area contributed by atoms with E-state index in [1.54, 1.807) is 22.8 Å². The quantitative estimate of drug-likeness (QED) is 0.712. The Labute approximate surface area is 173 Å². The number of nitrogens with zero attached hydrogens (tertiary/aromatic N) is 4. The first-order valence-corrected chi connectivity index (χ1v) is 12.3. The summed E-state index contributed by atoms with van der Waals surface area (Å²) in [5, 5.41) is 3.18. The molecule has 2 atom stereocenters. The number of anilines is 1. The molecule has 4 rings (SSSR count). The molecule has 1 amide bonds. The summed E-state index contributed by atoms with van der Waals surface area (Å²) in [6, 6.07) is 1.77. The lowest BCUT2D eigenvalue weighted by Gasteiger charge is -2.32. The molecule has 2 aliphatic heterocycles. The van der Waals surface area contributed by atoms with Gasteiger partial charge in [-0.3, -0.25) is 4.79 Å². The SMILES string of the molecule is CCCS(=O)(=O)N1CCC[C@@]2(C(=O)NCC3CC3)CN(c3ncccn3)C[C@H]2C1. The van der Waals surface area contributed by atoms with Gasteiger partial charge in [0.1, 0.15) is 0 Å². The number of carbonyl (C=O) groups excluding carboxylic acids is 1. The van der Waals surface area contributed by atoms with Gasteiger partial charge in [0.25, 0.3) is 0 Å². The Kier molecular flexibility index (Phi) is 5.79. The number of nitrogens with one attached hydrogen (secondary N) is 1. The molecular weight excluding hydrogens is 390 g/mol. The van der Waals surface area contributed by atoms with E-state index < -0.39 is 15.4 Å². The van der Waals surface area contributed by atoms with Crippen LogP contribution in [0.25, 0.3) is 0 Å². The van der Waals surface area contributed by atoms with Crippen molar-refractivity contribution in [2.24, 2.45) is 17.3 Å². The number of aromatic nitrogens is 2. The molecule has 3 fully saturated rings. The summed E-state index contributed by atoms with van der Waals surface area (Å²) in [5.74, 6) is 1.38. The molecule has 9 heteroatoms. The second-order valence-electron chi connectivity index (χ2n) is 8.71. The van der Waals surface area contributed by atoms with Gasteiger partial charge in [-0.1, -0.05) is 6.92 Å². The fourth-order valence-electron chi connectivity index (χ4n) is 4.75. The fraction of sp³-hybridized carbons (Fsp3) is 0.750. The van der Waals surface area contributed by atoms with Gasteiger partial charge in [0.2, 0.25) is 21.9 Å². The highest BCUT2D eigenvalue weighted by molar-refractivity contribution is 7.89. The average Bonchev–Trinajstić information content (AvgIpc) is 3.50. The van der Waals surface area contributed by atoms with E-state index in [1.807, 2.05) is 6.92 Å². The van der Waals surface area contributed by atoms with E-state index in [0.717, 1.165) is 6.54 Å².